The zero-order valence-corrected chi connectivity index (χ0v) is 20.6. The summed E-state index contributed by atoms with van der Waals surface area (Å²) in [5, 5.41) is 6.73. The van der Waals surface area contributed by atoms with E-state index < -0.39 is 32.6 Å². The van der Waals surface area contributed by atoms with E-state index in [0.29, 0.717) is 39.0 Å². The summed E-state index contributed by atoms with van der Waals surface area (Å²) in [5.41, 5.74) is 1.50. The van der Waals surface area contributed by atoms with Crippen molar-refractivity contribution in [2.75, 3.05) is 25.4 Å². The highest BCUT2D eigenvalue weighted by Crippen LogP contribution is 2.30. The third kappa shape index (κ3) is 7.39. The number of carboxylic acids is 1. The lowest BCUT2D eigenvalue weighted by molar-refractivity contribution is -0.192. The minimum atomic E-state index is -5.08. The van der Waals surface area contributed by atoms with E-state index in [4.69, 9.17) is 9.90 Å². The van der Waals surface area contributed by atoms with Gasteiger partial charge in [0, 0.05) is 43.3 Å². The van der Waals surface area contributed by atoms with Crippen molar-refractivity contribution in [2.24, 2.45) is 5.41 Å². The molecule has 0 saturated carbocycles. The highest BCUT2D eigenvalue weighted by molar-refractivity contribution is 7.92. The van der Waals surface area contributed by atoms with Gasteiger partial charge >= 0.3 is 12.1 Å². The van der Waals surface area contributed by atoms with E-state index in [0.717, 1.165) is 11.4 Å². The maximum Gasteiger partial charge on any atom is 0.490 e. The number of carbonyl (C=O) groups excluding carboxylic acids is 1. The van der Waals surface area contributed by atoms with E-state index in [1.807, 2.05) is 50.8 Å². The molecule has 2 aliphatic heterocycles. The van der Waals surface area contributed by atoms with Crippen molar-refractivity contribution in [1.82, 2.24) is 14.8 Å². The summed E-state index contributed by atoms with van der Waals surface area (Å²) in [4.78, 5) is 30.3. The number of pyridine rings is 1. The number of nitrogens with zero attached hydrogens (tertiary/aromatic N) is 3. The third-order valence-corrected chi connectivity index (χ3v) is 8.11. The monoisotopic (exact) mass is 507 g/mol. The molecule has 0 radical (unpaired) electrons. The Morgan fingerprint density at radius 3 is 2.24 bits per heavy atom. The Balaban J connectivity index is 0.000000509. The topological polar surface area (TPSA) is 108 Å². The van der Waals surface area contributed by atoms with Crippen LogP contribution in [-0.2, 0) is 26.0 Å². The van der Waals surface area contributed by atoms with Crippen LogP contribution in [0.3, 0.4) is 0 Å². The van der Waals surface area contributed by atoms with Gasteiger partial charge in [0.25, 0.3) is 0 Å². The van der Waals surface area contributed by atoms with Crippen LogP contribution in [0.2, 0.25) is 0 Å². The van der Waals surface area contributed by atoms with Crippen molar-refractivity contribution in [3.8, 4) is 0 Å². The number of likely N-dealkylation sites (tertiary alicyclic amines) is 1. The number of rotatable bonds is 2. The number of fused-ring (bicyclic) bond motifs is 1. The molecule has 3 heterocycles. The summed E-state index contributed by atoms with van der Waals surface area (Å²) in [6.45, 7) is 10.0. The maximum absolute atomic E-state index is 12.7. The lowest BCUT2D eigenvalue weighted by Gasteiger charge is -2.39. The number of sulfone groups is 1. The number of aliphatic carboxylic acids is 1. The van der Waals surface area contributed by atoms with Gasteiger partial charge in [0.15, 0.2) is 9.84 Å². The number of hydrogen-bond acceptors (Lipinski definition) is 6. The van der Waals surface area contributed by atoms with Crippen LogP contribution >= 0.6 is 0 Å². The molecule has 0 aliphatic carbocycles. The van der Waals surface area contributed by atoms with Crippen LogP contribution in [0.1, 0.15) is 45.0 Å². The van der Waals surface area contributed by atoms with Crippen molar-refractivity contribution in [1.29, 1.82) is 0 Å². The molecule has 3 rings (SSSR count). The molecule has 2 aliphatic rings. The van der Waals surface area contributed by atoms with Crippen molar-refractivity contribution in [3.05, 3.63) is 29.6 Å². The summed E-state index contributed by atoms with van der Waals surface area (Å²) >= 11 is 0. The second-order valence-corrected chi connectivity index (χ2v) is 12.0. The van der Waals surface area contributed by atoms with Crippen LogP contribution in [0.4, 0.5) is 13.2 Å². The number of alkyl halides is 3. The van der Waals surface area contributed by atoms with Gasteiger partial charge in [-0.1, -0.05) is 26.8 Å². The Morgan fingerprint density at radius 2 is 1.71 bits per heavy atom. The average molecular weight is 508 g/mol. The molecule has 2 saturated heterocycles. The van der Waals surface area contributed by atoms with Gasteiger partial charge in [-0.05, 0) is 31.9 Å². The molecule has 0 aromatic carbocycles. The van der Waals surface area contributed by atoms with E-state index in [9.17, 15) is 26.4 Å². The largest absolute Gasteiger partial charge is 0.490 e. The van der Waals surface area contributed by atoms with Gasteiger partial charge in [0.1, 0.15) is 0 Å². The van der Waals surface area contributed by atoms with Crippen LogP contribution in [-0.4, -0.2) is 83.0 Å². The van der Waals surface area contributed by atoms with E-state index in [1.165, 1.54) is 0 Å². The molecule has 1 amide bonds. The molecular weight excluding hydrogens is 475 g/mol. The number of amides is 1. The lowest BCUT2D eigenvalue weighted by atomic mass is 9.94. The molecule has 2 atom stereocenters. The van der Waals surface area contributed by atoms with Gasteiger partial charge in [-0.3, -0.25) is 14.7 Å². The van der Waals surface area contributed by atoms with Crippen LogP contribution in [0.5, 0.6) is 0 Å². The minimum Gasteiger partial charge on any atom is -0.475 e. The highest BCUT2D eigenvalue weighted by Gasteiger charge is 2.44. The second-order valence-electron chi connectivity index (χ2n) is 9.64. The van der Waals surface area contributed by atoms with Crippen molar-refractivity contribution < 1.29 is 36.3 Å². The summed E-state index contributed by atoms with van der Waals surface area (Å²) in [7, 11) is -3.12. The molecule has 8 nitrogen and oxygen atoms in total. The summed E-state index contributed by atoms with van der Waals surface area (Å²) in [6, 6.07) is 5.90. The van der Waals surface area contributed by atoms with Gasteiger partial charge in [0.05, 0.1) is 16.7 Å². The molecule has 192 valence electrons. The first-order chi connectivity index (χ1) is 15.5. The number of carboxylic acid groups (broad SMARTS) is 1. The summed E-state index contributed by atoms with van der Waals surface area (Å²) in [6.07, 6.45) is -3.87. The number of carbonyl (C=O) groups is 2. The Bertz CT molecular complexity index is 992. The first-order valence-electron chi connectivity index (χ1n) is 11.0. The van der Waals surface area contributed by atoms with E-state index in [-0.39, 0.29) is 17.7 Å². The summed E-state index contributed by atoms with van der Waals surface area (Å²) < 4.78 is 57.2. The van der Waals surface area contributed by atoms with Crippen LogP contribution in [0.15, 0.2) is 18.2 Å². The molecule has 0 bridgehead atoms. The minimum absolute atomic E-state index is 0.0520. The summed E-state index contributed by atoms with van der Waals surface area (Å²) in [5.74, 6) is -2.47. The number of hydrogen-bond donors (Lipinski definition) is 1. The Hall–Kier alpha value is -2.21. The zero-order valence-electron chi connectivity index (χ0n) is 19.8. The first kappa shape index (κ1) is 28.0. The maximum atomic E-state index is 12.7. The Labute approximate surface area is 198 Å². The van der Waals surface area contributed by atoms with Gasteiger partial charge in [0.2, 0.25) is 5.91 Å². The molecule has 2 fully saturated rings. The first-order valence-corrected chi connectivity index (χ1v) is 12.7. The molecule has 34 heavy (non-hydrogen) atoms. The highest BCUT2D eigenvalue weighted by atomic mass is 32.2. The molecule has 1 aromatic rings. The fourth-order valence-corrected chi connectivity index (χ4v) is 6.27. The predicted molar refractivity (Wildman–Crippen MR) is 120 cm³/mol. The average Bonchev–Trinajstić information content (AvgIpc) is 2.93. The van der Waals surface area contributed by atoms with E-state index in [1.54, 1.807) is 0 Å². The number of halogens is 3. The van der Waals surface area contributed by atoms with Gasteiger partial charge in [-0.25, -0.2) is 13.2 Å². The Kier molecular flexibility index (Phi) is 8.73. The fraction of sp³-hybridized carbons (Fsp3) is 0.682. The van der Waals surface area contributed by atoms with Gasteiger partial charge < -0.3 is 10.0 Å². The van der Waals surface area contributed by atoms with Crippen LogP contribution in [0, 0.1) is 12.3 Å². The number of aromatic nitrogens is 1. The van der Waals surface area contributed by atoms with E-state index >= 15 is 0 Å². The molecule has 0 spiro atoms. The van der Waals surface area contributed by atoms with Crippen LogP contribution < -0.4 is 0 Å². The smallest absolute Gasteiger partial charge is 0.475 e. The molecule has 0 unspecified atom stereocenters. The molecular formula is C22H32F3N3O5S. The normalized spacial score (nSPS) is 23.2. The molecule has 12 heteroatoms. The van der Waals surface area contributed by atoms with E-state index in [2.05, 4.69) is 9.88 Å². The Morgan fingerprint density at radius 1 is 1.12 bits per heavy atom. The molecule has 1 N–H and O–H groups in total. The van der Waals surface area contributed by atoms with Crippen molar-refractivity contribution >= 4 is 21.7 Å². The third-order valence-electron chi connectivity index (χ3n) is 5.88. The second kappa shape index (κ2) is 10.6. The predicted octanol–water partition coefficient (Wildman–Crippen LogP) is 2.66. The molecule has 1 aromatic heterocycles. The SMILES string of the molecule is Cc1cccc(CN2CCS(=O)(=O)[C@@H]3CCN(C(=O)C(C)(C)C)CC[C@@H]32)n1.O=C(O)C(F)(F)F. The quantitative estimate of drug-likeness (QED) is 0.656. The van der Waals surface area contributed by atoms with Gasteiger partial charge in [-0.15, -0.1) is 0 Å². The van der Waals surface area contributed by atoms with Crippen molar-refractivity contribution in [2.45, 2.75) is 64.5 Å². The lowest BCUT2D eigenvalue weighted by Crippen LogP contribution is -2.54. The van der Waals surface area contributed by atoms with Gasteiger partial charge in [-0.2, -0.15) is 13.2 Å². The fourth-order valence-electron chi connectivity index (χ4n) is 4.23. The zero-order chi connectivity index (χ0) is 25.9. The standard InChI is InChI=1S/C20H31N3O3S.C2HF3O2/c1-15-6-5-7-16(21-15)14-23-12-13-27(25,26)18-9-11-22(10-8-17(18)23)19(24)20(2,3)4;3-2(4,5)1(6)7/h5-7,17-18H,8-14H2,1-4H3;(H,6,7)/t17-,18+;/m0./s1. The van der Waals surface area contributed by atoms with Crippen molar-refractivity contribution in [3.63, 3.8) is 0 Å². The van der Waals surface area contributed by atoms with Crippen LogP contribution in [0.25, 0.3) is 0 Å². The number of aryl methyl sites for hydroxylation is 1.